The lowest BCUT2D eigenvalue weighted by atomic mass is 10.1. The van der Waals surface area contributed by atoms with E-state index in [1.807, 2.05) is 0 Å². The summed E-state index contributed by atoms with van der Waals surface area (Å²) < 4.78 is 25.4. The number of alkyl halides is 3. The van der Waals surface area contributed by atoms with Crippen LogP contribution in [-0.2, 0) is 17.1 Å². The van der Waals surface area contributed by atoms with Gasteiger partial charge in [0.1, 0.15) is 0 Å². The topological polar surface area (TPSA) is 50.2 Å². The predicted molar refractivity (Wildman–Crippen MR) is 55.1 cm³/mol. The second-order valence-electron chi connectivity index (χ2n) is 2.96. The zero-order valence-corrected chi connectivity index (χ0v) is 9.40. The summed E-state index contributed by atoms with van der Waals surface area (Å²) in [5.74, 6) is -1.33. The average Bonchev–Trinajstić information content (AvgIpc) is 2.16. The highest BCUT2D eigenvalue weighted by molar-refractivity contribution is 6.33. The molecule has 1 heterocycles. The maximum atomic E-state index is 12.7. The third-order valence-corrected chi connectivity index (χ3v) is 2.57. The molecule has 0 spiro atoms. The van der Waals surface area contributed by atoms with Gasteiger partial charge in [-0.05, 0) is 5.56 Å². The Kier molecular flexibility index (Phi) is 4.44. The van der Waals surface area contributed by atoms with Gasteiger partial charge in [-0.2, -0.15) is 0 Å². The van der Waals surface area contributed by atoms with E-state index in [2.05, 4.69) is 4.98 Å². The van der Waals surface area contributed by atoms with Crippen LogP contribution in [0.3, 0.4) is 0 Å². The van der Waals surface area contributed by atoms with Crippen LogP contribution in [0, 0.1) is 0 Å². The highest BCUT2D eigenvalue weighted by atomic mass is 35.5. The molecule has 1 aromatic heterocycles. The second-order valence-corrected chi connectivity index (χ2v) is 3.61. The van der Waals surface area contributed by atoms with Crippen molar-refractivity contribution in [2.45, 2.75) is 18.7 Å². The number of carbonyl (C=O) groups is 1. The molecule has 0 aromatic carbocycles. The Balaban J connectivity index is 3.28. The van der Waals surface area contributed by atoms with E-state index in [-0.39, 0.29) is 22.2 Å². The minimum Gasteiger partial charge on any atom is -0.481 e. The fourth-order valence-corrected chi connectivity index (χ4v) is 1.80. The molecule has 0 amide bonds. The molecule has 88 valence electrons. The number of aromatic nitrogens is 1. The van der Waals surface area contributed by atoms with Crippen molar-refractivity contribution in [2.75, 3.05) is 0 Å². The Hall–Kier alpha value is -0.940. The van der Waals surface area contributed by atoms with Crippen molar-refractivity contribution in [3.8, 4) is 0 Å². The van der Waals surface area contributed by atoms with Crippen LogP contribution < -0.4 is 0 Å². The molecule has 16 heavy (non-hydrogen) atoms. The summed E-state index contributed by atoms with van der Waals surface area (Å²) >= 11 is 11.1. The van der Waals surface area contributed by atoms with E-state index in [0.717, 1.165) is 6.20 Å². The van der Waals surface area contributed by atoms with E-state index in [0.29, 0.717) is 0 Å². The molecule has 0 saturated carbocycles. The quantitative estimate of drug-likeness (QED) is 0.855. The Morgan fingerprint density at radius 1 is 1.56 bits per heavy atom. The van der Waals surface area contributed by atoms with E-state index in [1.165, 1.54) is 0 Å². The minimum atomic E-state index is -2.85. The van der Waals surface area contributed by atoms with Gasteiger partial charge >= 0.3 is 5.97 Å². The van der Waals surface area contributed by atoms with Crippen molar-refractivity contribution in [3.05, 3.63) is 28.0 Å². The molecule has 0 aliphatic rings. The van der Waals surface area contributed by atoms with Gasteiger partial charge in [-0.3, -0.25) is 9.78 Å². The van der Waals surface area contributed by atoms with Crippen LogP contribution in [0.5, 0.6) is 0 Å². The minimum absolute atomic E-state index is 0.0960. The van der Waals surface area contributed by atoms with E-state index >= 15 is 0 Å². The molecule has 1 rings (SSSR count). The molecule has 0 atom stereocenters. The largest absolute Gasteiger partial charge is 0.481 e. The van der Waals surface area contributed by atoms with Crippen molar-refractivity contribution in [2.24, 2.45) is 0 Å². The fraction of sp³-hybridized carbons (Fsp3) is 0.333. The van der Waals surface area contributed by atoms with Crippen molar-refractivity contribution in [3.63, 3.8) is 0 Å². The number of halogens is 4. The van der Waals surface area contributed by atoms with Crippen LogP contribution in [0.2, 0.25) is 5.02 Å². The number of rotatable bonds is 4. The summed E-state index contributed by atoms with van der Waals surface area (Å²) in [5.41, 5.74) is -0.483. The van der Waals surface area contributed by atoms with Gasteiger partial charge in [0.25, 0.3) is 6.43 Å². The van der Waals surface area contributed by atoms with Crippen LogP contribution in [0.4, 0.5) is 8.78 Å². The van der Waals surface area contributed by atoms with Crippen molar-refractivity contribution < 1.29 is 18.7 Å². The first-order valence-electron chi connectivity index (χ1n) is 4.19. The molecular weight excluding hydrogens is 263 g/mol. The summed E-state index contributed by atoms with van der Waals surface area (Å²) in [6, 6.07) is 0. The molecule has 0 aliphatic heterocycles. The number of carboxylic acid groups (broad SMARTS) is 1. The van der Waals surface area contributed by atoms with Crippen LogP contribution in [0.15, 0.2) is 6.20 Å². The van der Waals surface area contributed by atoms with E-state index < -0.39 is 24.4 Å². The smallest absolute Gasteiger partial charge is 0.307 e. The number of pyridine rings is 1. The lowest BCUT2D eigenvalue weighted by Crippen LogP contribution is -2.07. The van der Waals surface area contributed by atoms with Gasteiger partial charge in [0, 0.05) is 11.8 Å². The van der Waals surface area contributed by atoms with Gasteiger partial charge in [-0.1, -0.05) is 11.6 Å². The standard InChI is InChI=1S/C9H7Cl2F2NO2/c10-2-5-8(11)7(9(12)13)4(3-14-5)1-6(15)16/h3,9H,1-2H2,(H,15,16). The van der Waals surface area contributed by atoms with Crippen molar-refractivity contribution in [1.82, 2.24) is 4.98 Å². The number of nitrogens with zero attached hydrogens (tertiary/aromatic N) is 1. The highest BCUT2D eigenvalue weighted by Gasteiger charge is 2.21. The van der Waals surface area contributed by atoms with Crippen LogP contribution in [-0.4, -0.2) is 16.1 Å². The Bertz CT molecular complexity index is 413. The molecule has 0 saturated heterocycles. The zero-order valence-electron chi connectivity index (χ0n) is 7.88. The van der Waals surface area contributed by atoms with E-state index in [9.17, 15) is 13.6 Å². The molecule has 1 aromatic rings. The highest BCUT2D eigenvalue weighted by Crippen LogP contribution is 2.32. The summed E-state index contributed by atoms with van der Waals surface area (Å²) in [7, 11) is 0. The summed E-state index contributed by atoms with van der Waals surface area (Å²) in [6.07, 6.45) is -2.33. The summed E-state index contributed by atoms with van der Waals surface area (Å²) in [4.78, 5) is 14.2. The molecular formula is C9H7Cl2F2NO2. The van der Waals surface area contributed by atoms with Gasteiger partial charge in [-0.25, -0.2) is 8.78 Å². The third kappa shape index (κ3) is 2.80. The molecule has 0 fully saturated rings. The predicted octanol–water partition coefficient (Wildman–Crippen LogP) is 3.04. The molecule has 1 N–H and O–H groups in total. The first kappa shape index (κ1) is 13.1. The maximum absolute atomic E-state index is 12.7. The van der Waals surface area contributed by atoms with Crippen LogP contribution >= 0.6 is 23.2 Å². The molecule has 0 unspecified atom stereocenters. The Morgan fingerprint density at radius 3 is 2.62 bits per heavy atom. The molecule has 0 bridgehead atoms. The van der Waals surface area contributed by atoms with Crippen LogP contribution in [0.25, 0.3) is 0 Å². The van der Waals surface area contributed by atoms with Crippen molar-refractivity contribution in [1.29, 1.82) is 0 Å². The second kappa shape index (κ2) is 5.41. The number of carboxylic acids is 1. The van der Waals surface area contributed by atoms with Crippen LogP contribution in [0.1, 0.15) is 23.2 Å². The lowest BCUT2D eigenvalue weighted by molar-refractivity contribution is -0.136. The number of hydrogen-bond acceptors (Lipinski definition) is 2. The lowest BCUT2D eigenvalue weighted by Gasteiger charge is -2.11. The molecule has 0 aliphatic carbocycles. The molecule has 0 radical (unpaired) electrons. The van der Waals surface area contributed by atoms with Gasteiger partial charge in [0.15, 0.2) is 0 Å². The third-order valence-electron chi connectivity index (χ3n) is 1.90. The summed E-state index contributed by atoms with van der Waals surface area (Å²) in [5, 5.41) is 8.29. The van der Waals surface area contributed by atoms with Gasteiger partial charge in [-0.15, -0.1) is 11.6 Å². The summed E-state index contributed by atoms with van der Waals surface area (Å²) in [6.45, 7) is 0. The first-order chi connectivity index (χ1) is 7.47. The van der Waals surface area contributed by atoms with E-state index in [1.54, 1.807) is 0 Å². The monoisotopic (exact) mass is 269 g/mol. The van der Waals surface area contributed by atoms with Gasteiger partial charge in [0.05, 0.1) is 23.0 Å². The number of hydrogen-bond donors (Lipinski definition) is 1. The molecule has 3 nitrogen and oxygen atoms in total. The SMILES string of the molecule is O=C(O)Cc1cnc(CCl)c(Cl)c1C(F)F. The van der Waals surface area contributed by atoms with E-state index in [4.69, 9.17) is 28.3 Å². The fourth-order valence-electron chi connectivity index (χ4n) is 1.21. The van der Waals surface area contributed by atoms with Gasteiger partial charge < -0.3 is 5.11 Å². The molecule has 7 heteroatoms. The zero-order chi connectivity index (χ0) is 12.3. The van der Waals surface area contributed by atoms with Crippen molar-refractivity contribution >= 4 is 29.2 Å². The maximum Gasteiger partial charge on any atom is 0.307 e. The first-order valence-corrected chi connectivity index (χ1v) is 5.10. The normalized spacial score (nSPS) is 10.8. The van der Waals surface area contributed by atoms with Gasteiger partial charge in [0.2, 0.25) is 0 Å². The Morgan fingerprint density at radius 2 is 2.19 bits per heavy atom. The number of aliphatic carboxylic acids is 1. The average molecular weight is 270 g/mol. The Labute approximate surface area is 100 Å².